The molecule has 178 valence electrons. The van der Waals surface area contributed by atoms with E-state index in [1.165, 1.54) is 16.8 Å². The minimum Gasteiger partial charge on any atom is -0.376 e. The van der Waals surface area contributed by atoms with Crippen LogP contribution < -0.4 is 0 Å². The highest BCUT2D eigenvalue weighted by Gasteiger charge is 2.59. The third-order valence-electron chi connectivity index (χ3n) is 6.69. The average Bonchev–Trinajstić information content (AvgIpc) is 3.53. The Morgan fingerprint density at radius 2 is 1.88 bits per heavy atom. The van der Waals surface area contributed by atoms with Gasteiger partial charge in [-0.3, -0.25) is 0 Å². The van der Waals surface area contributed by atoms with Crippen LogP contribution >= 0.6 is 0 Å². The van der Waals surface area contributed by atoms with Gasteiger partial charge in [0.15, 0.2) is 17.1 Å². The Bertz CT molecular complexity index is 1280. The third-order valence-corrected chi connectivity index (χ3v) is 6.69. The molecule has 11 heteroatoms. The van der Waals surface area contributed by atoms with Crippen molar-refractivity contribution < 1.29 is 18.3 Å². The van der Waals surface area contributed by atoms with E-state index in [4.69, 9.17) is 0 Å². The average molecular weight is 471 g/mol. The lowest BCUT2D eigenvalue weighted by atomic mass is 9.76. The number of pyridine rings is 2. The second-order valence-corrected chi connectivity index (χ2v) is 8.51. The number of alkyl halides is 3. The number of fused-ring (bicyclic) bond motifs is 1. The molecule has 1 unspecified atom stereocenters. The van der Waals surface area contributed by atoms with Crippen molar-refractivity contribution in [2.45, 2.75) is 31.5 Å². The molecule has 1 atom stereocenters. The zero-order valence-electron chi connectivity index (χ0n) is 18.5. The zero-order chi connectivity index (χ0) is 23.9. The maximum absolute atomic E-state index is 14.1. The largest absolute Gasteiger partial charge is 0.421 e. The summed E-state index contributed by atoms with van der Waals surface area (Å²) in [7, 11) is 0. The number of nitrogens with one attached hydrogen (secondary N) is 1. The van der Waals surface area contributed by atoms with Gasteiger partial charge in [0.2, 0.25) is 0 Å². The number of rotatable bonds is 5. The van der Waals surface area contributed by atoms with Gasteiger partial charge in [-0.1, -0.05) is 13.0 Å². The van der Waals surface area contributed by atoms with Gasteiger partial charge in [0.1, 0.15) is 5.52 Å². The van der Waals surface area contributed by atoms with Gasteiger partial charge in [-0.15, -0.1) is 0 Å². The predicted octanol–water partition coefficient (Wildman–Crippen LogP) is 3.69. The third kappa shape index (κ3) is 3.74. The lowest BCUT2D eigenvalue weighted by molar-refractivity contribution is -0.291. The highest BCUT2D eigenvalue weighted by Crippen LogP contribution is 2.47. The molecule has 0 aromatic carbocycles. The summed E-state index contributed by atoms with van der Waals surface area (Å²) in [5.74, 6) is -0.588. The van der Waals surface area contributed by atoms with Gasteiger partial charge in [-0.2, -0.15) is 18.3 Å². The molecule has 0 spiro atoms. The number of aliphatic hydroxyl groups is 1. The van der Waals surface area contributed by atoms with E-state index in [0.29, 0.717) is 30.1 Å². The van der Waals surface area contributed by atoms with E-state index in [0.717, 1.165) is 23.9 Å². The summed E-state index contributed by atoms with van der Waals surface area (Å²) in [6, 6.07) is 4.55. The number of piperidine rings is 1. The fraction of sp³-hybridized carbons (Fsp3) is 0.391. The number of imidazole rings is 1. The van der Waals surface area contributed by atoms with E-state index in [2.05, 4.69) is 29.9 Å². The van der Waals surface area contributed by atoms with E-state index in [-0.39, 0.29) is 18.4 Å². The summed E-state index contributed by atoms with van der Waals surface area (Å²) < 4.78 is 43.9. The second kappa shape index (κ2) is 8.48. The standard InChI is InChI=1S/C23H24F3N7O/c1-2-32-9-6-16(7-10-32)22(34,23(24,25)26)17-3-4-19(28-12-17)33-13-15(11-31-33)18-5-8-27-21-20(18)29-14-30-21/h3-5,8,11-14,16,34H,2,6-7,9-10H2,1H3,(H,27,29,30). The Labute approximate surface area is 193 Å². The number of halogens is 3. The number of aromatic nitrogens is 6. The molecule has 2 N–H and O–H groups in total. The molecule has 5 heterocycles. The van der Waals surface area contributed by atoms with Crippen LogP contribution in [0.4, 0.5) is 13.2 Å². The first-order valence-corrected chi connectivity index (χ1v) is 11.1. The van der Waals surface area contributed by atoms with Crippen LogP contribution in [0, 0.1) is 5.92 Å². The molecule has 0 saturated carbocycles. The molecule has 0 radical (unpaired) electrons. The van der Waals surface area contributed by atoms with Crippen LogP contribution in [0.1, 0.15) is 25.3 Å². The molecule has 34 heavy (non-hydrogen) atoms. The van der Waals surface area contributed by atoms with Crippen molar-refractivity contribution >= 4 is 11.2 Å². The van der Waals surface area contributed by atoms with Crippen molar-refractivity contribution in [2.24, 2.45) is 5.92 Å². The molecule has 1 fully saturated rings. The van der Waals surface area contributed by atoms with Gasteiger partial charge in [-0.25, -0.2) is 19.6 Å². The van der Waals surface area contributed by atoms with E-state index in [1.54, 1.807) is 24.9 Å². The number of hydrogen-bond donors (Lipinski definition) is 2. The summed E-state index contributed by atoms with van der Waals surface area (Å²) in [4.78, 5) is 17.8. The van der Waals surface area contributed by atoms with Crippen molar-refractivity contribution in [1.82, 2.24) is 34.6 Å². The number of likely N-dealkylation sites (tertiary alicyclic amines) is 1. The summed E-state index contributed by atoms with van der Waals surface area (Å²) in [5.41, 5.74) is -0.285. The van der Waals surface area contributed by atoms with Crippen molar-refractivity contribution in [1.29, 1.82) is 0 Å². The molecule has 1 saturated heterocycles. The molecule has 0 bridgehead atoms. The number of hydrogen-bond acceptors (Lipinski definition) is 6. The molecule has 5 rings (SSSR count). The van der Waals surface area contributed by atoms with Crippen molar-refractivity contribution in [2.75, 3.05) is 19.6 Å². The number of aromatic amines is 1. The molecular weight excluding hydrogens is 447 g/mol. The van der Waals surface area contributed by atoms with Crippen LogP contribution in [0.3, 0.4) is 0 Å². The van der Waals surface area contributed by atoms with Crippen LogP contribution in [-0.2, 0) is 5.60 Å². The van der Waals surface area contributed by atoms with E-state index >= 15 is 0 Å². The minimum absolute atomic E-state index is 0.251. The summed E-state index contributed by atoms with van der Waals surface area (Å²) >= 11 is 0. The van der Waals surface area contributed by atoms with Crippen LogP contribution in [0.25, 0.3) is 28.1 Å². The van der Waals surface area contributed by atoms with Crippen molar-refractivity contribution in [3.63, 3.8) is 0 Å². The molecule has 4 aromatic heterocycles. The first kappa shape index (κ1) is 22.5. The smallest absolute Gasteiger partial charge is 0.376 e. The first-order chi connectivity index (χ1) is 16.3. The molecule has 0 amide bonds. The highest BCUT2D eigenvalue weighted by molar-refractivity contribution is 5.88. The Hall–Kier alpha value is -3.31. The van der Waals surface area contributed by atoms with Gasteiger partial charge in [0, 0.05) is 41.2 Å². The summed E-state index contributed by atoms with van der Waals surface area (Å²) in [5, 5.41) is 15.3. The molecule has 4 aromatic rings. The Morgan fingerprint density at radius 1 is 1.09 bits per heavy atom. The van der Waals surface area contributed by atoms with Gasteiger partial charge in [0.05, 0.1) is 12.5 Å². The van der Waals surface area contributed by atoms with Crippen LogP contribution in [0.15, 0.2) is 49.3 Å². The maximum atomic E-state index is 14.1. The first-order valence-electron chi connectivity index (χ1n) is 11.1. The van der Waals surface area contributed by atoms with Crippen LogP contribution in [0.5, 0.6) is 0 Å². The van der Waals surface area contributed by atoms with Crippen molar-refractivity contribution in [3.05, 3.63) is 54.9 Å². The van der Waals surface area contributed by atoms with Crippen LogP contribution in [-0.4, -0.2) is 65.5 Å². The number of H-pyrrole nitrogens is 1. The Balaban J connectivity index is 1.43. The van der Waals surface area contributed by atoms with Crippen LogP contribution in [0.2, 0.25) is 0 Å². The molecular formula is C23H24F3N7O. The highest BCUT2D eigenvalue weighted by atomic mass is 19.4. The summed E-state index contributed by atoms with van der Waals surface area (Å²) in [6.45, 7) is 3.81. The SMILES string of the molecule is CCN1CCC(C(O)(c2ccc(-n3cc(-c4ccnc5[nH]cnc45)cn3)nc2)C(F)(F)F)CC1. The van der Waals surface area contributed by atoms with Gasteiger partial charge in [0.25, 0.3) is 0 Å². The normalized spacial score (nSPS) is 17.8. The van der Waals surface area contributed by atoms with Gasteiger partial charge < -0.3 is 15.0 Å². The molecule has 1 aliphatic rings. The molecule has 1 aliphatic heterocycles. The second-order valence-electron chi connectivity index (χ2n) is 8.51. The van der Waals surface area contributed by atoms with E-state index < -0.39 is 17.7 Å². The van der Waals surface area contributed by atoms with E-state index in [1.807, 2.05) is 13.0 Å². The van der Waals surface area contributed by atoms with Crippen molar-refractivity contribution in [3.8, 4) is 16.9 Å². The Morgan fingerprint density at radius 3 is 2.56 bits per heavy atom. The lowest BCUT2D eigenvalue weighted by Gasteiger charge is -2.42. The van der Waals surface area contributed by atoms with Gasteiger partial charge >= 0.3 is 6.18 Å². The zero-order valence-corrected chi connectivity index (χ0v) is 18.5. The molecule has 0 aliphatic carbocycles. The molecule has 8 nitrogen and oxygen atoms in total. The quantitative estimate of drug-likeness (QED) is 0.461. The lowest BCUT2D eigenvalue weighted by Crippen LogP contribution is -2.52. The number of nitrogens with zero attached hydrogens (tertiary/aromatic N) is 6. The minimum atomic E-state index is -4.82. The summed E-state index contributed by atoms with van der Waals surface area (Å²) in [6.07, 6.45) is 3.39. The van der Waals surface area contributed by atoms with E-state index in [9.17, 15) is 18.3 Å². The topological polar surface area (TPSA) is 95.8 Å². The fourth-order valence-electron chi connectivity index (χ4n) is 4.71. The predicted molar refractivity (Wildman–Crippen MR) is 119 cm³/mol. The Kier molecular flexibility index (Phi) is 5.61. The fourth-order valence-corrected chi connectivity index (χ4v) is 4.71. The van der Waals surface area contributed by atoms with Gasteiger partial charge in [-0.05, 0) is 44.6 Å². The monoisotopic (exact) mass is 471 g/mol. The maximum Gasteiger partial charge on any atom is 0.421 e.